The van der Waals surface area contributed by atoms with Crippen molar-refractivity contribution in [1.29, 1.82) is 0 Å². The van der Waals surface area contributed by atoms with Gasteiger partial charge in [-0.1, -0.05) is 13.8 Å². The van der Waals surface area contributed by atoms with Crippen molar-refractivity contribution in [3.63, 3.8) is 0 Å². The van der Waals surface area contributed by atoms with E-state index in [1.807, 2.05) is 49.1 Å². The minimum Gasteiger partial charge on any atom is -0.487 e. The summed E-state index contributed by atoms with van der Waals surface area (Å²) in [4.78, 5) is 28.2. The highest BCUT2D eigenvalue weighted by atomic mass is 16.5. The lowest BCUT2D eigenvalue weighted by Gasteiger charge is -2.40. The Morgan fingerprint density at radius 3 is 2.41 bits per heavy atom. The normalized spacial score (nSPS) is 16.9. The zero-order chi connectivity index (χ0) is 20.4. The number of hydrogen-bond acceptors (Lipinski definition) is 6. The first kappa shape index (κ1) is 19.2. The first-order valence-corrected chi connectivity index (χ1v) is 9.87. The molecule has 8 heteroatoms. The maximum atomic E-state index is 12.4. The number of aromatic nitrogens is 2. The first-order chi connectivity index (χ1) is 14.0. The van der Waals surface area contributed by atoms with Crippen molar-refractivity contribution in [1.82, 2.24) is 15.1 Å². The van der Waals surface area contributed by atoms with Crippen molar-refractivity contribution in [2.45, 2.75) is 20.0 Å². The van der Waals surface area contributed by atoms with Crippen molar-refractivity contribution in [3.8, 4) is 5.75 Å². The second-order valence-corrected chi connectivity index (χ2v) is 7.85. The third-order valence-corrected chi connectivity index (χ3v) is 5.26. The van der Waals surface area contributed by atoms with Crippen LogP contribution in [0, 0.1) is 11.8 Å². The molecule has 2 fully saturated rings. The lowest BCUT2D eigenvalue weighted by atomic mass is 9.98. The van der Waals surface area contributed by atoms with Gasteiger partial charge in [0.2, 0.25) is 11.8 Å². The van der Waals surface area contributed by atoms with Gasteiger partial charge in [-0.2, -0.15) is 10.2 Å². The van der Waals surface area contributed by atoms with E-state index in [1.54, 1.807) is 12.4 Å². The van der Waals surface area contributed by atoms with E-state index < -0.39 is 0 Å². The van der Waals surface area contributed by atoms with Crippen molar-refractivity contribution >= 4 is 23.2 Å². The maximum absolute atomic E-state index is 12.4. The SMILES string of the molecule is CC(C)C(=O)N1CC(Oc2ccc(NC(=O)C3CN(c4ccnnc4)C3)cc2)C1. The van der Waals surface area contributed by atoms with Gasteiger partial charge in [-0.25, -0.2) is 0 Å². The lowest BCUT2D eigenvalue weighted by Crippen LogP contribution is -2.57. The Labute approximate surface area is 169 Å². The number of nitrogens with zero attached hydrogens (tertiary/aromatic N) is 4. The molecule has 1 aromatic carbocycles. The van der Waals surface area contributed by atoms with Gasteiger partial charge < -0.3 is 19.9 Å². The Kier molecular flexibility index (Phi) is 5.33. The second-order valence-electron chi connectivity index (χ2n) is 7.85. The highest BCUT2D eigenvalue weighted by molar-refractivity contribution is 5.94. The zero-order valence-electron chi connectivity index (χ0n) is 16.6. The van der Waals surface area contributed by atoms with Crippen molar-refractivity contribution in [2.24, 2.45) is 11.8 Å². The molecule has 1 aromatic heterocycles. The van der Waals surface area contributed by atoms with Gasteiger partial charge in [-0.05, 0) is 30.3 Å². The molecule has 2 aliphatic rings. The summed E-state index contributed by atoms with van der Waals surface area (Å²) in [6.07, 6.45) is 3.38. The Morgan fingerprint density at radius 2 is 1.79 bits per heavy atom. The number of carbonyl (C=O) groups is 2. The minimum absolute atomic E-state index is 0.0127. The van der Waals surface area contributed by atoms with E-state index >= 15 is 0 Å². The summed E-state index contributed by atoms with van der Waals surface area (Å²) in [5, 5.41) is 10.6. The highest BCUT2D eigenvalue weighted by Crippen LogP contribution is 2.25. The highest BCUT2D eigenvalue weighted by Gasteiger charge is 2.34. The molecule has 0 atom stereocenters. The van der Waals surface area contributed by atoms with E-state index in [0.29, 0.717) is 26.2 Å². The second kappa shape index (κ2) is 8.06. The van der Waals surface area contributed by atoms with Crippen molar-refractivity contribution in [3.05, 3.63) is 42.7 Å². The predicted molar refractivity (Wildman–Crippen MR) is 109 cm³/mol. The Bertz CT molecular complexity index is 860. The number of likely N-dealkylation sites (tertiary alicyclic amines) is 1. The van der Waals surface area contributed by atoms with Crippen LogP contribution in [0.2, 0.25) is 0 Å². The number of amides is 2. The molecule has 29 heavy (non-hydrogen) atoms. The summed E-state index contributed by atoms with van der Waals surface area (Å²) in [6.45, 7) is 6.40. The standard InChI is InChI=1S/C21H25N5O3/c1-14(2)21(28)26-12-19(13-26)29-18-5-3-16(4-6-18)24-20(27)15-10-25(11-15)17-7-8-22-23-9-17/h3-9,14-15,19H,10-13H2,1-2H3,(H,24,27). The average Bonchev–Trinajstić information content (AvgIpc) is 2.65. The van der Waals surface area contributed by atoms with Crippen LogP contribution in [0.5, 0.6) is 5.75 Å². The molecule has 8 nitrogen and oxygen atoms in total. The van der Waals surface area contributed by atoms with Crippen LogP contribution >= 0.6 is 0 Å². The van der Waals surface area contributed by atoms with Gasteiger partial charge in [-0.15, -0.1) is 0 Å². The Morgan fingerprint density at radius 1 is 1.07 bits per heavy atom. The molecule has 1 N–H and O–H groups in total. The number of hydrogen-bond donors (Lipinski definition) is 1. The fraction of sp³-hybridized carbons (Fsp3) is 0.429. The Balaban J connectivity index is 1.21. The third-order valence-electron chi connectivity index (χ3n) is 5.26. The summed E-state index contributed by atoms with van der Waals surface area (Å²) in [7, 11) is 0. The number of ether oxygens (including phenoxy) is 1. The van der Waals surface area contributed by atoms with Crippen molar-refractivity contribution < 1.29 is 14.3 Å². The lowest BCUT2D eigenvalue weighted by molar-refractivity contribution is -0.143. The van der Waals surface area contributed by atoms with E-state index in [-0.39, 0.29) is 29.8 Å². The molecule has 3 heterocycles. The fourth-order valence-corrected chi connectivity index (χ4v) is 3.44. The Hall–Kier alpha value is -3.16. The van der Waals surface area contributed by atoms with Crippen LogP contribution in [0.1, 0.15) is 13.8 Å². The smallest absolute Gasteiger partial charge is 0.231 e. The molecule has 0 unspecified atom stereocenters. The van der Waals surface area contributed by atoms with Gasteiger partial charge in [-0.3, -0.25) is 9.59 Å². The topological polar surface area (TPSA) is 87.7 Å². The van der Waals surface area contributed by atoms with Gasteiger partial charge in [0.05, 0.1) is 37.1 Å². The number of nitrogens with one attached hydrogen (secondary N) is 1. The van der Waals surface area contributed by atoms with Crippen LogP contribution in [0.4, 0.5) is 11.4 Å². The zero-order valence-corrected chi connectivity index (χ0v) is 16.6. The van der Waals surface area contributed by atoms with Crippen LogP contribution in [-0.4, -0.2) is 59.2 Å². The van der Waals surface area contributed by atoms with E-state index in [2.05, 4.69) is 20.4 Å². The molecule has 152 valence electrons. The van der Waals surface area contributed by atoms with Gasteiger partial charge in [0.1, 0.15) is 11.9 Å². The summed E-state index contributed by atoms with van der Waals surface area (Å²) in [5.74, 6) is 0.891. The number of rotatable bonds is 6. The van der Waals surface area contributed by atoms with Crippen LogP contribution in [0.15, 0.2) is 42.7 Å². The van der Waals surface area contributed by atoms with Crippen LogP contribution in [0.3, 0.4) is 0 Å². The molecule has 2 aromatic rings. The van der Waals surface area contributed by atoms with E-state index in [1.165, 1.54) is 0 Å². The average molecular weight is 395 g/mol. The van der Waals surface area contributed by atoms with Gasteiger partial charge in [0, 0.05) is 24.7 Å². The van der Waals surface area contributed by atoms with Crippen LogP contribution < -0.4 is 15.0 Å². The fourth-order valence-electron chi connectivity index (χ4n) is 3.44. The maximum Gasteiger partial charge on any atom is 0.231 e. The van der Waals surface area contributed by atoms with E-state index in [4.69, 9.17) is 4.74 Å². The summed E-state index contributed by atoms with van der Waals surface area (Å²) < 4.78 is 5.89. The summed E-state index contributed by atoms with van der Waals surface area (Å²) in [6, 6.07) is 9.26. The number of carbonyl (C=O) groups excluding carboxylic acids is 2. The van der Waals surface area contributed by atoms with Crippen molar-refractivity contribution in [2.75, 3.05) is 36.4 Å². The summed E-state index contributed by atoms with van der Waals surface area (Å²) in [5.41, 5.74) is 1.73. The molecular formula is C21H25N5O3. The van der Waals surface area contributed by atoms with E-state index in [9.17, 15) is 9.59 Å². The largest absolute Gasteiger partial charge is 0.487 e. The number of anilines is 2. The van der Waals surface area contributed by atoms with Gasteiger partial charge >= 0.3 is 0 Å². The van der Waals surface area contributed by atoms with Gasteiger partial charge in [0.15, 0.2) is 0 Å². The minimum atomic E-state index is -0.0430. The predicted octanol–water partition coefficient (Wildman–Crippen LogP) is 1.80. The van der Waals surface area contributed by atoms with E-state index in [0.717, 1.165) is 17.1 Å². The van der Waals surface area contributed by atoms with Gasteiger partial charge in [0.25, 0.3) is 0 Å². The molecule has 2 aliphatic heterocycles. The van der Waals surface area contributed by atoms with Crippen LogP contribution in [0.25, 0.3) is 0 Å². The molecule has 0 radical (unpaired) electrons. The third kappa shape index (κ3) is 4.31. The molecule has 0 bridgehead atoms. The molecule has 2 amide bonds. The first-order valence-electron chi connectivity index (χ1n) is 9.87. The number of benzene rings is 1. The molecule has 0 saturated carbocycles. The van der Waals surface area contributed by atoms with Crippen LogP contribution in [-0.2, 0) is 9.59 Å². The quantitative estimate of drug-likeness (QED) is 0.803. The monoisotopic (exact) mass is 395 g/mol. The molecular weight excluding hydrogens is 370 g/mol. The molecule has 2 saturated heterocycles. The molecule has 0 spiro atoms. The molecule has 4 rings (SSSR count). The molecule has 0 aliphatic carbocycles. The summed E-state index contributed by atoms with van der Waals surface area (Å²) >= 11 is 0.